The molecule has 0 atom stereocenters. The molecule has 0 radical (unpaired) electrons. The van der Waals surface area contributed by atoms with Crippen molar-refractivity contribution in [2.45, 2.75) is 13.0 Å². The SMILES string of the molecule is O=C(O)c1ccc(-c2nc3ccc4ccccc4c3c3c2CNCC3)cc1. The van der Waals surface area contributed by atoms with Gasteiger partial charge in [0.2, 0.25) is 0 Å². The molecule has 0 bridgehead atoms. The highest BCUT2D eigenvalue weighted by atomic mass is 16.4. The highest BCUT2D eigenvalue weighted by Gasteiger charge is 2.20. The summed E-state index contributed by atoms with van der Waals surface area (Å²) in [7, 11) is 0. The molecule has 132 valence electrons. The normalized spacial score (nSPS) is 13.6. The molecule has 27 heavy (non-hydrogen) atoms. The van der Waals surface area contributed by atoms with Gasteiger partial charge in [-0.05, 0) is 53.1 Å². The topological polar surface area (TPSA) is 62.2 Å². The molecule has 2 heterocycles. The van der Waals surface area contributed by atoms with Crippen LogP contribution in [-0.4, -0.2) is 22.6 Å². The van der Waals surface area contributed by atoms with E-state index >= 15 is 0 Å². The van der Waals surface area contributed by atoms with Crippen molar-refractivity contribution < 1.29 is 9.90 Å². The van der Waals surface area contributed by atoms with E-state index in [0.717, 1.165) is 36.3 Å². The van der Waals surface area contributed by atoms with Gasteiger partial charge in [-0.2, -0.15) is 0 Å². The van der Waals surface area contributed by atoms with Gasteiger partial charge in [-0.1, -0.05) is 42.5 Å². The molecule has 1 aliphatic rings. The summed E-state index contributed by atoms with van der Waals surface area (Å²) in [5.41, 5.74) is 5.75. The summed E-state index contributed by atoms with van der Waals surface area (Å²) in [6.45, 7) is 1.73. The van der Waals surface area contributed by atoms with E-state index in [4.69, 9.17) is 10.1 Å². The Kier molecular flexibility index (Phi) is 3.66. The highest BCUT2D eigenvalue weighted by molar-refractivity contribution is 6.09. The molecule has 5 rings (SSSR count). The van der Waals surface area contributed by atoms with Crippen LogP contribution < -0.4 is 5.32 Å². The van der Waals surface area contributed by atoms with E-state index in [0.29, 0.717) is 0 Å². The van der Waals surface area contributed by atoms with Crippen LogP contribution in [0.1, 0.15) is 21.5 Å². The predicted molar refractivity (Wildman–Crippen MR) is 107 cm³/mol. The lowest BCUT2D eigenvalue weighted by atomic mass is 9.90. The van der Waals surface area contributed by atoms with Gasteiger partial charge in [0.25, 0.3) is 0 Å². The van der Waals surface area contributed by atoms with Crippen LogP contribution in [0.2, 0.25) is 0 Å². The minimum atomic E-state index is -0.914. The summed E-state index contributed by atoms with van der Waals surface area (Å²) in [5, 5.41) is 16.3. The lowest BCUT2D eigenvalue weighted by molar-refractivity contribution is 0.0697. The Morgan fingerprint density at radius 2 is 1.78 bits per heavy atom. The van der Waals surface area contributed by atoms with Crippen LogP contribution in [-0.2, 0) is 13.0 Å². The van der Waals surface area contributed by atoms with Gasteiger partial charge >= 0.3 is 5.97 Å². The van der Waals surface area contributed by atoms with Crippen LogP contribution in [0, 0.1) is 0 Å². The van der Waals surface area contributed by atoms with E-state index in [-0.39, 0.29) is 5.56 Å². The second kappa shape index (κ2) is 6.18. The number of benzene rings is 3. The van der Waals surface area contributed by atoms with E-state index in [2.05, 4.69) is 41.7 Å². The van der Waals surface area contributed by atoms with E-state index in [1.807, 2.05) is 12.1 Å². The summed E-state index contributed by atoms with van der Waals surface area (Å²) in [4.78, 5) is 16.2. The smallest absolute Gasteiger partial charge is 0.335 e. The maximum Gasteiger partial charge on any atom is 0.335 e. The molecule has 1 aliphatic heterocycles. The van der Waals surface area contributed by atoms with Crippen molar-refractivity contribution in [1.29, 1.82) is 0 Å². The lowest BCUT2D eigenvalue weighted by Crippen LogP contribution is -2.25. The zero-order valence-electron chi connectivity index (χ0n) is 14.7. The first-order valence-electron chi connectivity index (χ1n) is 9.10. The van der Waals surface area contributed by atoms with E-state index in [9.17, 15) is 4.79 Å². The van der Waals surface area contributed by atoms with Gasteiger partial charge in [0.15, 0.2) is 0 Å². The third-order valence-electron chi connectivity index (χ3n) is 5.35. The van der Waals surface area contributed by atoms with Crippen molar-refractivity contribution >= 4 is 27.6 Å². The number of hydrogen-bond donors (Lipinski definition) is 2. The quantitative estimate of drug-likeness (QED) is 0.524. The number of aromatic carboxylic acids is 1. The van der Waals surface area contributed by atoms with Crippen molar-refractivity contribution in [3.8, 4) is 11.3 Å². The first kappa shape index (κ1) is 16.0. The second-order valence-corrected chi connectivity index (χ2v) is 6.91. The van der Waals surface area contributed by atoms with Gasteiger partial charge in [-0.3, -0.25) is 0 Å². The van der Waals surface area contributed by atoms with Gasteiger partial charge in [-0.15, -0.1) is 0 Å². The maximum atomic E-state index is 11.2. The zero-order chi connectivity index (χ0) is 18.4. The minimum Gasteiger partial charge on any atom is -0.478 e. The molecule has 4 nitrogen and oxygen atoms in total. The zero-order valence-corrected chi connectivity index (χ0v) is 14.7. The third-order valence-corrected chi connectivity index (χ3v) is 5.35. The number of nitrogens with one attached hydrogen (secondary N) is 1. The number of hydrogen-bond acceptors (Lipinski definition) is 3. The Labute approximate surface area is 156 Å². The van der Waals surface area contributed by atoms with Crippen LogP contribution >= 0.6 is 0 Å². The average molecular weight is 354 g/mol. The van der Waals surface area contributed by atoms with Crippen molar-refractivity contribution in [3.05, 3.63) is 77.4 Å². The van der Waals surface area contributed by atoms with Gasteiger partial charge in [0.1, 0.15) is 0 Å². The maximum absolute atomic E-state index is 11.2. The highest BCUT2D eigenvalue weighted by Crippen LogP contribution is 2.35. The molecular formula is C23H18N2O2. The lowest BCUT2D eigenvalue weighted by Gasteiger charge is -2.23. The van der Waals surface area contributed by atoms with Crippen molar-refractivity contribution in [3.63, 3.8) is 0 Å². The fourth-order valence-corrected chi connectivity index (χ4v) is 4.05. The van der Waals surface area contributed by atoms with Crippen LogP contribution in [0.5, 0.6) is 0 Å². The molecular weight excluding hydrogens is 336 g/mol. The predicted octanol–water partition coefficient (Wildman–Crippen LogP) is 4.40. The average Bonchev–Trinajstić information content (AvgIpc) is 2.73. The van der Waals surface area contributed by atoms with Crippen LogP contribution in [0.4, 0.5) is 0 Å². The number of carbonyl (C=O) groups is 1. The number of nitrogens with zero attached hydrogens (tertiary/aromatic N) is 1. The van der Waals surface area contributed by atoms with Crippen molar-refractivity contribution in [2.75, 3.05) is 6.54 Å². The molecule has 0 amide bonds. The van der Waals surface area contributed by atoms with Gasteiger partial charge in [0, 0.05) is 17.5 Å². The molecule has 2 N–H and O–H groups in total. The fourth-order valence-electron chi connectivity index (χ4n) is 4.05. The van der Waals surface area contributed by atoms with Crippen molar-refractivity contribution in [2.24, 2.45) is 0 Å². The third kappa shape index (κ3) is 2.57. The second-order valence-electron chi connectivity index (χ2n) is 6.91. The number of fused-ring (bicyclic) bond motifs is 5. The van der Waals surface area contributed by atoms with Gasteiger partial charge in [-0.25, -0.2) is 9.78 Å². The van der Waals surface area contributed by atoms with Crippen LogP contribution in [0.15, 0.2) is 60.7 Å². The van der Waals surface area contributed by atoms with Gasteiger partial charge in [0.05, 0.1) is 16.8 Å². The number of carboxylic acids is 1. The Hall–Kier alpha value is -3.24. The minimum absolute atomic E-state index is 0.289. The summed E-state index contributed by atoms with van der Waals surface area (Å²) in [6.07, 6.45) is 0.961. The van der Waals surface area contributed by atoms with Gasteiger partial charge < -0.3 is 10.4 Å². The summed E-state index contributed by atoms with van der Waals surface area (Å²) in [5.74, 6) is -0.914. The molecule has 3 aromatic carbocycles. The Bertz CT molecular complexity index is 1200. The number of pyridine rings is 1. The largest absolute Gasteiger partial charge is 0.478 e. The number of rotatable bonds is 2. The summed E-state index contributed by atoms with van der Waals surface area (Å²) < 4.78 is 0. The first-order valence-corrected chi connectivity index (χ1v) is 9.10. The number of aromatic nitrogens is 1. The molecule has 0 unspecified atom stereocenters. The van der Waals surface area contributed by atoms with Crippen molar-refractivity contribution in [1.82, 2.24) is 10.3 Å². The summed E-state index contributed by atoms with van der Waals surface area (Å²) >= 11 is 0. The molecule has 4 heteroatoms. The Morgan fingerprint density at radius 1 is 0.963 bits per heavy atom. The number of carboxylic acid groups (broad SMARTS) is 1. The standard InChI is InChI=1S/C23H18N2O2/c26-23(27)16-7-5-15(6-8-16)22-19-13-24-12-11-18(19)21-17-4-2-1-3-14(17)9-10-20(21)25-22/h1-10,24H,11-13H2,(H,26,27). The first-order chi connectivity index (χ1) is 13.2. The monoisotopic (exact) mass is 354 g/mol. The molecule has 0 saturated carbocycles. The van der Waals surface area contributed by atoms with Crippen LogP contribution in [0.3, 0.4) is 0 Å². The van der Waals surface area contributed by atoms with Crippen LogP contribution in [0.25, 0.3) is 32.9 Å². The van der Waals surface area contributed by atoms with E-state index in [1.165, 1.54) is 27.3 Å². The molecule has 0 aliphatic carbocycles. The fraction of sp³-hybridized carbons (Fsp3) is 0.130. The molecule has 0 spiro atoms. The molecule has 0 saturated heterocycles. The Morgan fingerprint density at radius 3 is 2.59 bits per heavy atom. The Balaban J connectivity index is 1.81. The van der Waals surface area contributed by atoms with E-state index < -0.39 is 5.97 Å². The van der Waals surface area contributed by atoms with E-state index in [1.54, 1.807) is 12.1 Å². The summed E-state index contributed by atoms with van der Waals surface area (Å²) in [6, 6.07) is 19.7. The molecule has 0 fully saturated rings. The molecule has 1 aromatic heterocycles. The molecule has 4 aromatic rings.